The second-order valence-corrected chi connectivity index (χ2v) is 2.51. The molecular weight excluding hydrogens is 217 g/mol. The molecular formula is C6H15Cl2N3O2. The SMILES string of the molecule is Cl.Cl.NCC1CN(C(N)=O)CCO1. The largest absolute Gasteiger partial charge is 0.373 e. The van der Waals surface area contributed by atoms with Crippen molar-refractivity contribution >= 4 is 30.8 Å². The number of hydrogen-bond acceptors (Lipinski definition) is 3. The minimum atomic E-state index is -0.397. The van der Waals surface area contributed by atoms with Gasteiger partial charge in [0.2, 0.25) is 0 Å². The highest BCUT2D eigenvalue weighted by atomic mass is 35.5. The van der Waals surface area contributed by atoms with Gasteiger partial charge in [0.1, 0.15) is 0 Å². The molecule has 7 heteroatoms. The van der Waals surface area contributed by atoms with Crippen molar-refractivity contribution in [2.24, 2.45) is 11.5 Å². The lowest BCUT2D eigenvalue weighted by Crippen LogP contribution is -2.49. The first-order chi connectivity index (χ1) is 5.24. The first-order valence-electron chi connectivity index (χ1n) is 3.60. The van der Waals surface area contributed by atoms with Crippen LogP contribution in [0.15, 0.2) is 0 Å². The lowest BCUT2D eigenvalue weighted by atomic mass is 10.3. The zero-order valence-corrected chi connectivity index (χ0v) is 8.77. The third kappa shape index (κ3) is 4.52. The number of rotatable bonds is 1. The highest BCUT2D eigenvalue weighted by Gasteiger charge is 2.20. The second kappa shape index (κ2) is 7.20. The van der Waals surface area contributed by atoms with Gasteiger partial charge in [-0.25, -0.2) is 4.79 Å². The fraction of sp³-hybridized carbons (Fsp3) is 0.833. The Kier molecular flexibility index (Phi) is 8.45. The Morgan fingerprint density at radius 3 is 2.62 bits per heavy atom. The lowest BCUT2D eigenvalue weighted by Gasteiger charge is -2.30. The lowest BCUT2D eigenvalue weighted by molar-refractivity contribution is -0.00727. The van der Waals surface area contributed by atoms with Crippen molar-refractivity contribution in [1.82, 2.24) is 4.90 Å². The number of ether oxygens (including phenoxy) is 1. The normalized spacial score (nSPS) is 21.3. The highest BCUT2D eigenvalue weighted by Crippen LogP contribution is 2.02. The maximum atomic E-state index is 10.7. The van der Waals surface area contributed by atoms with Gasteiger partial charge in [-0.1, -0.05) is 0 Å². The molecule has 0 aliphatic carbocycles. The summed E-state index contributed by atoms with van der Waals surface area (Å²) >= 11 is 0. The summed E-state index contributed by atoms with van der Waals surface area (Å²) in [6, 6.07) is -0.397. The predicted octanol–water partition coefficient (Wildman–Crippen LogP) is -0.432. The average Bonchev–Trinajstić information content (AvgIpc) is 2.05. The van der Waals surface area contributed by atoms with Gasteiger partial charge in [-0.15, -0.1) is 24.8 Å². The molecule has 0 aromatic heterocycles. The molecule has 13 heavy (non-hydrogen) atoms. The van der Waals surface area contributed by atoms with E-state index in [2.05, 4.69) is 0 Å². The smallest absolute Gasteiger partial charge is 0.314 e. The van der Waals surface area contributed by atoms with Crippen LogP contribution in [0.2, 0.25) is 0 Å². The Balaban J connectivity index is 0. The van der Waals surface area contributed by atoms with E-state index in [9.17, 15) is 4.79 Å². The predicted molar refractivity (Wildman–Crippen MR) is 54.4 cm³/mol. The molecule has 4 N–H and O–H groups in total. The quantitative estimate of drug-likeness (QED) is 0.643. The molecule has 1 saturated heterocycles. The summed E-state index contributed by atoms with van der Waals surface area (Å²) in [5.74, 6) is 0. The second-order valence-electron chi connectivity index (χ2n) is 2.51. The van der Waals surface area contributed by atoms with Crippen LogP contribution in [-0.4, -0.2) is 43.3 Å². The van der Waals surface area contributed by atoms with Crippen molar-refractivity contribution in [3.8, 4) is 0 Å². The number of halogens is 2. The molecule has 2 amide bonds. The molecule has 5 nitrogen and oxygen atoms in total. The number of urea groups is 1. The molecule has 0 spiro atoms. The molecule has 0 saturated carbocycles. The Labute approximate surface area is 89.6 Å². The van der Waals surface area contributed by atoms with E-state index in [1.807, 2.05) is 0 Å². The molecule has 1 unspecified atom stereocenters. The molecule has 1 heterocycles. The van der Waals surface area contributed by atoms with Crippen molar-refractivity contribution in [3.63, 3.8) is 0 Å². The highest BCUT2D eigenvalue weighted by molar-refractivity contribution is 5.85. The van der Waals surface area contributed by atoms with Crippen molar-refractivity contribution in [2.75, 3.05) is 26.2 Å². The molecule has 0 aromatic carbocycles. The monoisotopic (exact) mass is 231 g/mol. The zero-order valence-electron chi connectivity index (χ0n) is 7.14. The number of nitrogens with two attached hydrogens (primary N) is 2. The third-order valence-electron chi connectivity index (χ3n) is 1.71. The molecule has 1 rings (SSSR count). The molecule has 1 atom stereocenters. The Bertz CT molecular complexity index is 159. The summed E-state index contributed by atoms with van der Waals surface area (Å²) in [4.78, 5) is 12.2. The van der Waals surface area contributed by atoms with E-state index < -0.39 is 6.03 Å². The minimum Gasteiger partial charge on any atom is -0.373 e. The van der Waals surface area contributed by atoms with Gasteiger partial charge in [-0.05, 0) is 0 Å². The summed E-state index contributed by atoms with van der Waals surface area (Å²) in [6.45, 7) is 2.06. The minimum absolute atomic E-state index is 0. The molecule has 1 fully saturated rings. The Morgan fingerprint density at radius 1 is 1.54 bits per heavy atom. The number of primary amides is 1. The number of morpholine rings is 1. The van der Waals surface area contributed by atoms with Crippen LogP contribution in [0.4, 0.5) is 4.79 Å². The van der Waals surface area contributed by atoms with E-state index in [0.717, 1.165) is 0 Å². The molecule has 1 aliphatic heterocycles. The van der Waals surface area contributed by atoms with E-state index in [1.54, 1.807) is 4.90 Å². The van der Waals surface area contributed by atoms with E-state index >= 15 is 0 Å². The van der Waals surface area contributed by atoms with Gasteiger partial charge in [0.05, 0.1) is 12.7 Å². The van der Waals surface area contributed by atoms with E-state index in [0.29, 0.717) is 26.2 Å². The van der Waals surface area contributed by atoms with Crippen LogP contribution in [0.5, 0.6) is 0 Å². The fourth-order valence-corrected chi connectivity index (χ4v) is 1.06. The van der Waals surface area contributed by atoms with Gasteiger partial charge in [0, 0.05) is 19.6 Å². The summed E-state index contributed by atoms with van der Waals surface area (Å²) in [7, 11) is 0. The molecule has 0 bridgehead atoms. The van der Waals surface area contributed by atoms with Gasteiger partial charge in [-0.2, -0.15) is 0 Å². The molecule has 0 aromatic rings. The molecule has 0 radical (unpaired) electrons. The van der Waals surface area contributed by atoms with E-state index in [1.165, 1.54) is 0 Å². The van der Waals surface area contributed by atoms with Crippen LogP contribution >= 0.6 is 24.8 Å². The maximum absolute atomic E-state index is 10.7. The van der Waals surface area contributed by atoms with Crippen LogP contribution in [0.1, 0.15) is 0 Å². The maximum Gasteiger partial charge on any atom is 0.314 e. The summed E-state index contributed by atoms with van der Waals surface area (Å²) in [5, 5.41) is 0. The number of nitrogens with zero attached hydrogens (tertiary/aromatic N) is 1. The summed E-state index contributed by atoms with van der Waals surface area (Å²) in [6.07, 6.45) is -0.0451. The summed E-state index contributed by atoms with van der Waals surface area (Å²) in [5.41, 5.74) is 10.4. The van der Waals surface area contributed by atoms with Gasteiger partial charge in [-0.3, -0.25) is 0 Å². The van der Waals surface area contributed by atoms with Crippen molar-refractivity contribution in [1.29, 1.82) is 0 Å². The van der Waals surface area contributed by atoms with Crippen LogP contribution in [0, 0.1) is 0 Å². The first kappa shape index (κ1) is 15.3. The van der Waals surface area contributed by atoms with Crippen LogP contribution < -0.4 is 11.5 Å². The topological polar surface area (TPSA) is 81.6 Å². The van der Waals surface area contributed by atoms with E-state index in [4.69, 9.17) is 16.2 Å². The van der Waals surface area contributed by atoms with Gasteiger partial charge in [0.15, 0.2) is 0 Å². The van der Waals surface area contributed by atoms with Crippen molar-refractivity contribution in [2.45, 2.75) is 6.10 Å². The van der Waals surface area contributed by atoms with E-state index in [-0.39, 0.29) is 30.9 Å². The van der Waals surface area contributed by atoms with Crippen LogP contribution in [-0.2, 0) is 4.74 Å². The van der Waals surface area contributed by atoms with Crippen molar-refractivity contribution in [3.05, 3.63) is 0 Å². The van der Waals surface area contributed by atoms with Crippen LogP contribution in [0.25, 0.3) is 0 Å². The number of carbonyl (C=O) groups is 1. The van der Waals surface area contributed by atoms with Crippen molar-refractivity contribution < 1.29 is 9.53 Å². The number of hydrogen-bond donors (Lipinski definition) is 2. The zero-order chi connectivity index (χ0) is 8.27. The Hall–Kier alpha value is -0.230. The Morgan fingerprint density at radius 2 is 2.15 bits per heavy atom. The number of amides is 2. The number of carbonyl (C=O) groups excluding carboxylic acids is 1. The third-order valence-corrected chi connectivity index (χ3v) is 1.71. The average molecular weight is 232 g/mol. The standard InChI is InChI=1S/C6H13N3O2.2ClH/c7-3-5-4-9(6(8)10)1-2-11-5;;/h5H,1-4,7H2,(H2,8,10);2*1H. The van der Waals surface area contributed by atoms with Gasteiger partial charge in [0.25, 0.3) is 0 Å². The van der Waals surface area contributed by atoms with Gasteiger partial charge < -0.3 is 21.1 Å². The summed E-state index contributed by atoms with van der Waals surface area (Å²) < 4.78 is 5.23. The van der Waals surface area contributed by atoms with Crippen LogP contribution in [0.3, 0.4) is 0 Å². The fourth-order valence-electron chi connectivity index (χ4n) is 1.06. The molecule has 80 valence electrons. The first-order valence-corrected chi connectivity index (χ1v) is 3.60. The van der Waals surface area contributed by atoms with Gasteiger partial charge >= 0.3 is 6.03 Å². The molecule has 1 aliphatic rings.